The minimum atomic E-state index is -0.407. The largest absolute Gasteiger partial charge is 0.350 e. The van der Waals surface area contributed by atoms with Gasteiger partial charge >= 0.3 is 0 Å². The van der Waals surface area contributed by atoms with Crippen LogP contribution in [0.3, 0.4) is 0 Å². The molecule has 5 nitrogen and oxygen atoms in total. The molecule has 3 rings (SSSR count). The number of hydrogen-bond acceptors (Lipinski definition) is 3. The lowest BCUT2D eigenvalue weighted by Gasteiger charge is -2.14. The van der Waals surface area contributed by atoms with E-state index in [2.05, 4.69) is 15.4 Å². The molecule has 0 bridgehead atoms. The Balaban J connectivity index is 1.74. The van der Waals surface area contributed by atoms with Crippen molar-refractivity contribution < 1.29 is 4.79 Å². The highest BCUT2D eigenvalue weighted by Crippen LogP contribution is 2.25. The van der Waals surface area contributed by atoms with Crippen LogP contribution in [-0.4, -0.2) is 20.7 Å². The van der Waals surface area contributed by atoms with Gasteiger partial charge in [-0.05, 0) is 35.7 Å². The molecule has 0 unspecified atom stereocenters. The highest BCUT2D eigenvalue weighted by molar-refractivity contribution is 6.30. The molecule has 0 aliphatic heterocycles. The van der Waals surface area contributed by atoms with Crippen LogP contribution in [0.5, 0.6) is 0 Å². The topological polar surface area (TPSA) is 59.8 Å². The van der Waals surface area contributed by atoms with Crippen LogP contribution in [0.2, 0.25) is 5.02 Å². The molecule has 2 aromatic carbocycles. The zero-order valence-corrected chi connectivity index (χ0v) is 13.9. The Hall–Kier alpha value is -2.66. The third-order valence-corrected chi connectivity index (χ3v) is 4.09. The molecule has 1 N–H and O–H groups in total. The third-order valence-electron chi connectivity index (χ3n) is 3.84. The first-order chi connectivity index (χ1) is 11.6. The molecule has 1 aromatic heterocycles. The molecule has 3 aromatic rings. The van der Waals surface area contributed by atoms with Crippen LogP contribution in [0.1, 0.15) is 18.5 Å². The van der Waals surface area contributed by atoms with Crippen molar-refractivity contribution in [2.75, 3.05) is 0 Å². The van der Waals surface area contributed by atoms with Crippen molar-refractivity contribution in [2.24, 2.45) is 0 Å². The Bertz CT molecular complexity index is 815. The van der Waals surface area contributed by atoms with Gasteiger partial charge in [0.2, 0.25) is 5.91 Å². The molecule has 0 radical (unpaired) electrons. The van der Waals surface area contributed by atoms with Crippen LogP contribution in [0.25, 0.3) is 11.1 Å². The Labute approximate surface area is 145 Å². The van der Waals surface area contributed by atoms with E-state index in [1.165, 1.54) is 17.3 Å². The SMILES string of the molecule is C[C@@H](C(=O)NCc1ccccc1-c1ccc(Cl)cc1)n1cncn1. The van der Waals surface area contributed by atoms with Gasteiger partial charge in [-0.3, -0.25) is 4.79 Å². The fourth-order valence-corrected chi connectivity index (χ4v) is 2.58. The van der Waals surface area contributed by atoms with Crippen LogP contribution in [0.4, 0.5) is 0 Å². The monoisotopic (exact) mass is 340 g/mol. The number of nitrogens with zero attached hydrogens (tertiary/aromatic N) is 3. The first-order valence-corrected chi connectivity index (χ1v) is 7.98. The first-order valence-electron chi connectivity index (χ1n) is 7.61. The van der Waals surface area contributed by atoms with E-state index in [-0.39, 0.29) is 5.91 Å². The Morgan fingerprint density at radius 3 is 2.67 bits per heavy atom. The smallest absolute Gasteiger partial charge is 0.244 e. The van der Waals surface area contributed by atoms with E-state index in [1.54, 1.807) is 6.92 Å². The molecule has 0 aliphatic carbocycles. The summed E-state index contributed by atoms with van der Waals surface area (Å²) in [7, 11) is 0. The van der Waals surface area contributed by atoms with E-state index in [4.69, 9.17) is 11.6 Å². The Morgan fingerprint density at radius 1 is 1.21 bits per heavy atom. The molecule has 122 valence electrons. The minimum Gasteiger partial charge on any atom is -0.350 e. The van der Waals surface area contributed by atoms with Crippen LogP contribution >= 0.6 is 11.6 Å². The van der Waals surface area contributed by atoms with Crippen molar-refractivity contribution in [3.63, 3.8) is 0 Å². The fraction of sp³-hybridized carbons (Fsp3) is 0.167. The zero-order valence-electron chi connectivity index (χ0n) is 13.2. The second-order valence-electron chi connectivity index (χ2n) is 5.43. The number of amides is 1. The molecule has 0 aliphatic rings. The predicted octanol–water partition coefficient (Wildman–Crippen LogP) is 3.48. The molecule has 0 spiro atoms. The molecule has 1 atom stereocenters. The van der Waals surface area contributed by atoms with Gasteiger partial charge in [-0.15, -0.1) is 0 Å². The number of nitrogens with one attached hydrogen (secondary N) is 1. The lowest BCUT2D eigenvalue weighted by atomic mass is 10.00. The van der Waals surface area contributed by atoms with E-state index in [1.807, 2.05) is 48.5 Å². The van der Waals surface area contributed by atoms with E-state index in [9.17, 15) is 4.79 Å². The summed E-state index contributed by atoms with van der Waals surface area (Å²) in [4.78, 5) is 16.2. The van der Waals surface area contributed by atoms with Gasteiger partial charge in [0, 0.05) is 11.6 Å². The standard InChI is InChI=1S/C18H17ClN4O/c1-13(23-12-20-11-22-23)18(24)21-10-15-4-2-3-5-17(15)14-6-8-16(19)9-7-14/h2-9,11-13H,10H2,1H3,(H,21,24)/t13-/m0/s1. The summed E-state index contributed by atoms with van der Waals surface area (Å²) in [5.74, 6) is -0.105. The van der Waals surface area contributed by atoms with Gasteiger partial charge in [0.05, 0.1) is 0 Å². The number of carbonyl (C=O) groups excluding carboxylic acids is 1. The first kappa shape index (κ1) is 16.2. The second kappa shape index (κ2) is 7.27. The summed E-state index contributed by atoms with van der Waals surface area (Å²) in [5, 5.41) is 7.65. The van der Waals surface area contributed by atoms with Gasteiger partial charge in [0.25, 0.3) is 0 Å². The number of aromatic nitrogens is 3. The van der Waals surface area contributed by atoms with Crippen LogP contribution < -0.4 is 5.32 Å². The summed E-state index contributed by atoms with van der Waals surface area (Å²) in [6.07, 6.45) is 2.95. The van der Waals surface area contributed by atoms with Gasteiger partial charge in [-0.1, -0.05) is 48.0 Å². The normalized spacial score (nSPS) is 11.9. The number of benzene rings is 2. The summed E-state index contributed by atoms with van der Waals surface area (Å²) < 4.78 is 1.53. The van der Waals surface area contributed by atoms with Crippen LogP contribution in [-0.2, 0) is 11.3 Å². The Kier molecular flexibility index (Phi) is 4.91. The van der Waals surface area contributed by atoms with Crippen molar-refractivity contribution in [3.05, 3.63) is 71.8 Å². The van der Waals surface area contributed by atoms with Crippen molar-refractivity contribution >= 4 is 17.5 Å². The maximum atomic E-state index is 12.3. The van der Waals surface area contributed by atoms with Gasteiger partial charge in [0.1, 0.15) is 18.7 Å². The van der Waals surface area contributed by atoms with Crippen LogP contribution in [0.15, 0.2) is 61.2 Å². The summed E-state index contributed by atoms with van der Waals surface area (Å²) in [6.45, 7) is 2.23. The maximum Gasteiger partial charge on any atom is 0.244 e. The van der Waals surface area contributed by atoms with Crippen molar-refractivity contribution in [1.29, 1.82) is 0 Å². The van der Waals surface area contributed by atoms with Crippen molar-refractivity contribution in [2.45, 2.75) is 19.5 Å². The minimum absolute atomic E-state index is 0.105. The van der Waals surface area contributed by atoms with E-state index >= 15 is 0 Å². The molecule has 0 saturated heterocycles. The number of rotatable bonds is 5. The highest BCUT2D eigenvalue weighted by atomic mass is 35.5. The lowest BCUT2D eigenvalue weighted by Crippen LogP contribution is -2.31. The van der Waals surface area contributed by atoms with Gasteiger partial charge in [-0.25, -0.2) is 9.67 Å². The average Bonchev–Trinajstić information content (AvgIpc) is 3.14. The molecule has 0 saturated carbocycles. The quantitative estimate of drug-likeness (QED) is 0.773. The summed E-state index contributed by atoms with van der Waals surface area (Å²) in [6, 6.07) is 15.2. The van der Waals surface area contributed by atoms with Crippen molar-refractivity contribution in [3.8, 4) is 11.1 Å². The molecule has 1 heterocycles. The molecular weight excluding hydrogens is 324 g/mol. The van der Waals surface area contributed by atoms with Gasteiger partial charge in [-0.2, -0.15) is 5.10 Å². The molecule has 1 amide bonds. The summed E-state index contributed by atoms with van der Waals surface area (Å²) >= 11 is 5.95. The number of halogens is 1. The van der Waals surface area contributed by atoms with E-state index < -0.39 is 6.04 Å². The average molecular weight is 341 g/mol. The molecule has 24 heavy (non-hydrogen) atoms. The zero-order chi connectivity index (χ0) is 16.9. The summed E-state index contributed by atoms with van der Waals surface area (Å²) in [5.41, 5.74) is 3.18. The number of hydrogen-bond donors (Lipinski definition) is 1. The fourth-order valence-electron chi connectivity index (χ4n) is 2.45. The predicted molar refractivity (Wildman–Crippen MR) is 93.5 cm³/mol. The Morgan fingerprint density at radius 2 is 1.96 bits per heavy atom. The van der Waals surface area contributed by atoms with E-state index in [0.29, 0.717) is 11.6 Å². The second-order valence-corrected chi connectivity index (χ2v) is 5.87. The van der Waals surface area contributed by atoms with Crippen LogP contribution in [0, 0.1) is 0 Å². The van der Waals surface area contributed by atoms with Gasteiger partial charge in [0.15, 0.2) is 0 Å². The maximum absolute atomic E-state index is 12.3. The molecular formula is C18H17ClN4O. The lowest BCUT2D eigenvalue weighted by molar-refractivity contribution is -0.124. The van der Waals surface area contributed by atoms with Crippen molar-refractivity contribution in [1.82, 2.24) is 20.1 Å². The molecule has 0 fully saturated rings. The third kappa shape index (κ3) is 3.63. The highest BCUT2D eigenvalue weighted by Gasteiger charge is 2.15. The number of carbonyl (C=O) groups is 1. The molecule has 6 heteroatoms. The van der Waals surface area contributed by atoms with E-state index in [0.717, 1.165) is 16.7 Å². The van der Waals surface area contributed by atoms with Gasteiger partial charge < -0.3 is 5.32 Å².